The minimum Gasteiger partial charge on any atom is -0.353 e. The highest BCUT2D eigenvalue weighted by molar-refractivity contribution is 7.89. The largest absolute Gasteiger partial charge is 0.353 e. The van der Waals surface area contributed by atoms with E-state index in [0.29, 0.717) is 5.95 Å². The number of aromatic nitrogens is 3. The van der Waals surface area contributed by atoms with Gasteiger partial charge in [0.2, 0.25) is 16.0 Å². The van der Waals surface area contributed by atoms with Gasteiger partial charge in [-0.1, -0.05) is 0 Å². The van der Waals surface area contributed by atoms with Crippen molar-refractivity contribution >= 4 is 16.0 Å². The van der Waals surface area contributed by atoms with Crippen molar-refractivity contribution in [2.24, 2.45) is 0 Å². The molecule has 0 spiro atoms. The molecule has 0 radical (unpaired) electrons. The highest BCUT2D eigenvalue weighted by atomic mass is 32.2. The van der Waals surface area contributed by atoms with Gasteiger partial charge >= 0.3 is 0 Å². The molecule has 7 nitrogen and oxygen atoms in total. The van der Waals surface area contributed by atoms with Crippen molar-refractivity contribution in [3.63, 3.8) is 0 Å². The van der Waals surface area contributed by atoms with Crippen LogP contribution in [0.3, 0.4) is 0 Å². The first-order valence-electron chi connectivity index (χ1n) is 7.21. The second kappa shape index (κ2) is 7.01. The van der Waals surface area contributed by atoms with Crippen LogP contribution in [0.25, 0.3) is 11.3 Å². The van der Waals surface area contributed by atoms with Gasteiger partial charge in [-0.15, -0.1) is 0 Å². The van der Waals surface area contributed by atoms with Crippen LogP contribution >= 0.6 is 0 Å². The van der Waals surface area contributed by atoms with Crippen molar-refractivity contribution in [1.82, 2.24) is 19.3 Å². The van der Waals surface area contributed by atoms with E-state index in [4.69, 9.17) is 0 Å². The van der Waals surface area contributed by atoms with E-state index in [2.05, 4.69) is 20.3 Å². The molecular formula is C15H21N5O2S. The lowest BCUT2D eigenvalue weighted by molar-refractivity contribution is 0.521. The first-order valence-corrected chi connectivity index (χ1v) is 8.82. The monoisotopic (exact) mass is 335 g/mol. The molecular weight excluding hydrogens is 314 g/mol. The quantitative estimate of drug-likeness (QED) is 0.860. The molecule has 2 aromatic rings. The molecule has 0 saturated carbocycles. The van der Waals surface area contributed by atoms with E-state index < -0.39 is 10.0 Å². The molecule has 0 fully saturated rings. The van der Waals surface area contributed by atoms with Crippen LogP contribution in [-0.2, 0) is 10.0 Å². The SMILES string of the molecule is Cc1ccc(-c2ccnc(NCCS(=O)(=O)N(C)C)n2)c(C)n1. The zero-order valence-corrected chi connectivity index (χ0v) is 14.6. The highest BCUT2D eigenvalue weighted by Gasteiger charge is 2.13. The Hall–Kier alpha value is -2.06. The third kappa shape index (κ3) is 4.46. The summed E-state index contributed by atoms with van der Waals surface area (Å²) in [5.74, 6) is 0.384. The number of hydrogen-bond acceptors (Lipinski definition) is 6. The maximum atomic E-state index is 11.7. The number of nitrogens with one attached hydrogen (secondary N) is 1. The van der Waals surface area contributed by atoms with E-state index in [-0.39, 0.29) is 12.3 Å². The fraction of sp³-hybridized carbons (Fsp3) is 0.400. The first kappa shape index (κ1) is 17.3. The van der Waals surface area contributed by atoms with E-state index in [9.17, 15) is 8.42 Å². The lowest BCUT2D eigenvalue weighted by Crippen LogP contribution is -2.28. The molecule has 0 aromatic carbocycles. The van der Waals surface area contributed by atoms with Gasteiger partial charge in [-0.05, 0) is 32.0 Å². The van der Waals surface area contributed by atoms with Crippen LogP contribution in [0.1, 0.15) is 11.4 Å². The van der Waals surface area contributed by atoms with Crippen molar-refractivity contribution in [3.05, 3.63) is 35.8 Å². The molecule has 0 aliphatic rings. The summed E-state index contributed by atoms with van der Waals surface area (Å²) in [7, 11) is -0.210. The molecule has 0 aliphatic carbocycles. The van der Waals surface area contributed by atoms with Gasteiger partial charge in [-0.2, -0.15) is 0 Å². The summed E-state index contributed by atoms with van der Waals surface area (Å²) in [5, 5.41) is 2.95. The van der Waals surface area contributed by atoms with E-state index >= 15 is 0 Å². The maximum absolute atomic E-state index is 11.7. The topological polar surface area (TPSA) is 88.1 Å². The standard InChI is InChI=1S/C15H21N5O2S/c1-11-5-6-13(12(2)18-11)14-7-8-16-15(19-14)17-9-10-23(21,22)20(3)4/h5-8H,9-10H2,1-4H3,(H,16,17,19). The van der Waals surface area contributed by atoms with Gasteiger partial charge in [0.05, 0.1) is 11.4 Å². The minimum absolute atomic E-state index is 0.0152. The molecule has 23 heavy (non-hydrogen) atoms. The van der Waals surface area contributed by atoms with Crippen LogP contribution in [0.15, 0.2) is 24.4 Å². The maximum Gasteiger partial charge on any atom is 0.223 e. The smallest absolute Gasteiger partial charge is 0.223 e. The predicted molar refractivity (Wildman–Crippen MR) is 90.7 cm³/mol. The third-order valence-electron chi connectivity index (χ3n) is 3.36. The summed E-state index contributed by atoms with van der Waals surface area (Å²) in [5.41, 5.74) is 3.53. The van der Waals surface area contributed by atoms with Gasteiger partial charge in [-0.25, -0.2) is 22.7 Å². The van der Waals surface area contributed by atoms with E-state index in [1.807, 2.05) is 26.0 Å². The Balaban J connectivity index is 2.11. The summed E-state index contributed by atoms with van der Waals surface area (Å²) < 4.78 is 24.6. The molecule has 0 bridgehead atoms. The molecule has 0 amide bonds. The van der Waals surface area contributed by atoms with Gasteiger partial charge in [0.15, 0.2) is 0 Å². The normalized spacial score (nSPS) is 11.7. The van der Waals surface area contributed by atoms with Gasteiger partial charge in [0.25, 0.3) is 0 Å². The van der Waals surface area contributed by atoms with Crippen molar-refractivity contribution < 1.29 is 8.42 Å². The van der Waals surface area contributed by atoms with Gasteiger partial charge < -0.3 is 5.32 Å². The molecule has 0 unspecified atom stereocenters. The Bertz CT molecular complexity index is 790. The summed E-state index contributed by atoms with van der Waals surface area (Å²) in [6.45, 7) is 4.12. The van der Waals surface area contributed by atoms with Crippen molar-refractivity contribution in [3.8, 4) is 11.3 Å². The minimum atomic E-state index is -3.24. The van der Waals surface area contributed by atoms with Crippen molar-refractivity contribution in [2.75, 3.05) is 31.7 Å². The molecule has 2 aromatic heterocycles. The van der Waals surface area contributed by atoms with E-state index in [1.54, 1.807) is 12.3 Å². The third-order valence-corrected chi connectivity index (χ3v) is 5.19. The predicted octanol–water partition coefficient (Wildman–Crippen LogP) is 1.46. The van der Waals surface area contributed by atoms with Crippen LogP contribution in [0, 0.1) is 13.8 Å². The number of anilines is 1. The molecule has 0 saturated heterocycles. The Morgan fingerprint density at radius 1 is 1.13 bits per heavy atom. The highest BCUT2D eigenvalue weighted by Crippen LogP contribution is 2.20. The van der Waals surface area contributed by atoms with Gasteiger partial charge in [-0.3, -0.25) is 4.98 Å². The van der Waals surface area contributed by atoms with Crippen LogP contribution < -0.4 is 5.32 Å². The molecule has 0 atom stereocenters. The van der Waals surface area contributed by atoms with E-state index in [1.165, 1.54) is 18.4 Å². The summed E-state index contributed by atoms with van der Waals surface area (Å²) >= 11 is 0. The lowest BCUT2D eigenvalue weighted by atomic mass is 10.1. The Kier molecular flexibility index (Phi) is 5.27. The number of nitrogens with zero attached hydrogens (tertiary/aromatic N) is 4. The Morgan fingerprint density at radius 2 is 1.87 bits per heavy atom. The number of aryl methyl sites for hydroxylation is 2. The fourth-order valence-corrected chi connectivity index (χ4v) is 2.75. The van der Waals surface area contributed by atoms with Crippen LogP contribution in [0.2, 0.25) is 0 Å². The average molecular weight is 335 g/mol. The molecule has 124 valence electrons. The number of hydrogen-bond donors (Lipinski definition) is 1. The zero-order chi connectivity index (χ0) is 17.0. The molecule has 0 aliphatic heterocycles. The zero-order valence-electron chi connectivity index (χ0n) is 13.7. The second-order valence-corrected chi connectivity index (χ2v) is 7.68. The Morgan fingerprint density at radius 3 is 2.52 bits per heavy atom. The van der Waals surface area contributed by atoms with Crippen molar-refractivity contribution in [1.29, 1.82) is 0 Å². The lowest BCUT2D eigenvalue weighted by Gasteiger charge is -2.12. The van der Waals surface area contributed by atoms with Gasteiger partial charge in [0.1, 0.15) is 0 Å². The van der Waals surface area contributed by atoms with Crippen LogP contribution in [0.5, 0.6) is 0 Å². The fourth-order valence-electron chi connectivity index (χ4n) is 2.03. The summed E-state index contributed by atoms with van der Waals surface area (Å²) in [6.07, 6.45) is 1.64. The molecule has 2 rings (SSSR count). The first-order chi connectivity index (χ1) is 10.8. The molecule has 8 heteroatoms. The van der Waals surface area contributed by atoms with Gasteiger partial charge in [0, 0.05) is 43.8 Å². The summed E-state index contributed by atoms with van der Waals surface area (Å²) in [6, 6.07) is 5.71. The second-order valence-electron chi connectivity index (χ2n) is 5.38. The number of sulfonamides is 1. The van der Waals surface area contributed by atoms with Crippen LogP contribution in [-0.4, -0.2) is 54.1 Å². The average Bonchev–Trinajstić information content (AvgIpc) is 2.47. The van der Waals surface area contributed by atoms with Crippen LogP contribution in [0.4, 0.5) is 5.95 Å². The summed E-state index contributed by atoms with van der Waals surface area (Å²) in [4.78, 5) is 13.0. The number of pyridine rings is 1. The van der Waals surface area contributed by atoms with E-state index in [0.717, 1.165) is 22.6 Å². The Labute approximate surface area is 136 Å². The number of rotatable bonds is 6. The molecule has 2 heterocycles. The molecule has 1 N–H and O–H groups in total. The van der Waals surface area contributed by atoms with Crippen molar-refractivity contribution in [2.45, 2.75) is 13.8 Å².